The first-order valence-electron chi connectivity index (χ1n) is 3.55. The van der Waals surface area contributed by atoms with Crippen LogP contribution in [0.5, 0.6) is 0 Å². The molecule has 0 aromatic heterocycles. The molecule has 10 heavy (non-hydrogen) atoms. The zero-order valence-corrected chi connectivity index (χ0v) is 6.44. The third-order valence-electron chi connectivity index (χ3n) is 1.62. The Hall–Kier alpha value is -0.570. The van der Waals surface area contributed by atoms with E-state index in [4.69, 9.17) is 4.74 Å². The summed E-state index contributed by atoms with van der Waals surface area (Å²) < 4.78 is 5.17. The number of carbonyl (C=O) groups excluding carboxylic acids is 1. The van der Waals surface area contributed by atoms with Crippen LogP contribution in [-0.4, -0.2) is 24.7 Å². The van der Waals surface area contributed by atoms with E-state index in [0.717, 1.165) is 0 Å². The van der Waals surface area contributed by atoms with E-state index in [1.54, 1.807) is 0 Å². The number of nitrogens with one attached hydrogen (secondary N) is 1. The molecule has 0 spiro atoms. The van der Waals surface area contributed by atoms with E-state index in [2.05, 4.69) is 5.32 Å². The van der Waals surface area contributed by atoms with Crippen LogP contribution >= 0.6 is 0 Å². The van der Waals surface area contributed by atoms with E-state index < -0.39 is 0 Å². The van der Waals surface area contributed by atoms with Crippen LogP contribution in [0, 0.1) is 0 Å². The van der Waals surface area contributed by atoms with E-state index in [9.17, 15) is 4.79 Å². The number of carbonyl (C=O) groups is 1. The molecule has 1 N–H and O–H groups in total. The maximum Gasteiger partial charge on any atom is 0.222 e. The molecule has 0 radical (unpaired) electrons. The van der Waals surface area contributed by atoms with Gasteiger partial charge in [0.2, 0.25) is 5.91 Å². The first-order valence-corrected chi connectivity index (χ1v) is 3.55. The van der Waals surface area contributed by atoms with Crippen LogP contribution in [0.2, 0.25) is 0 Å². The van der Waals surface area contributed by atoms with Gasteiger partial charge in [-0.2, -0.15) is 0 Å². The predicted octanol–water partition coefficient (Wildman–Crippen LogP) is 0.301. The predicted molar refractivity (Wildman–Crippen MR) is 37.7 cm³/mol. The molecular formula is C7H13NO2. The topological polar surface area (TPSA) is 38.3 Å². The fourth-order valence-corrected chi connectivity index (χ4v) is 1.09. The van der Waals surface area contributed by atoms with Crippen molar-refractivity contribution in [1.82, 2.24) is 5.32 Å². The summed E-state index contributed by atoms with van der Waals surface area (Å²) in [6.07, 6.45) is 0.604. The summed E-state index contributed by atoms with van der Waals surface area (Å²) in [5.41, 5.74) is -0.0763. The second kappa shape index (κ2) is 2.58. The first kappa shape index (κ1) is 7.54. The smallest absolute Gasteiger partial charge is 0.222 e. The molecule has 1 heterocycles. The Bertz CT molecular complexity index is 137. The molecule has 1 rings (SSSR count). The summed E-state index contributed by atoms with van der Waals surface area (Å²) in [4.78, 5) is 10.5. The van der Waals surface area contributed by atoms with Crippen molar-refractivity contribution in [3.05, 3.63) is 0 Å². The number of ether oxygens (including phenoxy) is 1. The van der Waals surface area contributed by atoms with Crippen LogP contribution in [0.25, 0.3) is 0 Å². The monoisotopic (exact) mass is 143 g/mol. The Kier molecular flexibility index (Phi) is 1.94. The highest BCUT2D eigenvalue weighted by Crippen LogP contribution is 2.18. The lowest BCUT2D eigenvalue weighted by Gasteiger charge is -2.38. The summed E-state index contributed by atoms with van der Waals surface area (Å²) >= 11 is 0. The van der Waals surface area contributed by atoms with Gasteiger partial charge in [0.1, 0.15) is 0 Å². The highest BCUT2D eigenvalue weighted by Gasteiger charge is 2.38. The molecule has 3 heteroatoms. The van der Waals surface area contributed by atoms with Gasteiger partial charge in [0.15, 0.2) is 0 Å². The van der Waals surface area contributed by atoms with Gasteiger partial charge in [0, 0.05) is 6.61 Å². The van der Waals surface area contributed by atoms with Crippen molar-refractivity contribution in [2.24, 2.45) is 0 Å². The van der Waals surface area contributed by atoms with E-state index in [1.807, 2.05) is 13.8 Å². The van der Waals surface area contributed by atoms with Crippen molar-refractivity contribution in [3.8, 4) is 0 Å². The quantitative estimate of drug-likeness (QED) is 0.577. The summed E-state index contributed by atoms with van der Waals surface area (Å²) in [6.45, 7) is 5.29. The van der Waals surface area contributed by atoms with E-state index in [-0.39, 0.29) is 11.4 Å². The van der Waals surface area contributed by atoms with Gasteiger partial charge < -0.3 is 10.1 Å². The largest absolute Gasteiger partial charge is 0.379 e. The van der Waals surface area contributed by atoms with Crippen molar-refractivity contribution in [2.45, 2.75) is 25.8 Å². The van der Waals surface area contributed by atoms with Gasteiger partial charge in [-0.05, 0) is 13.8 Å². The number of β-lactam (4-membered cyclic amide) rings is 1. The molecule has 1 fully saturated rings. The lowest BCUT2D eigenvalue weighted by atomic mass is 9.91. The van der Waals surface area contributed by atoms with Crippen LogP contribution in [0.3, 0.4) is 0 Å². The number of rotatable bonds is 3. The second-order valence-electron chi connectivity index (χ2n) is 2.92. The molecule has 0 aromatic carbocycles. The van der Waals surface area contributed by atoms with Crippen molar-refractivity contribution < 1.29 is 9.53 Å². The molecule has 0 aliphatic carbocycles. The van der Waals surface area contributed by atoms with Crippen LogP contribution < -0.4 is 5.32 Å². The minimum atomic E-state index is -0.0763. The highest BCUT2D eigenvalue weighted by atomic mass is 16.5. The second-order valence-corrected chi connectivity index (χ2v) is 2.92. The zero-order valence-electron chi connectivity index (χ0n) is 6.44. The van der Waals surface area contributed by atoms with Crippen LogP contribution in [0.1, 0.15) is 20.3 Å². The minimum absolute atomic E-state index is 0.0763. The Morgan fingerprint density at radius 2 is 2.40 bits per heavy atom. The average Bonchev–Trinajstić information content (AvgIpc) is 1.81. The molecular weight excluding hydrogens is 130 g/mol. The zero-order chi connectivity index (χ0) is 7.61. The molecule has 1 atom stereocenters. The number of amides is 1. The number of hydrogen-bond acceptors (Lipinski definition) is 2. The summed E-state index contributed by atoms with van der Waals surface area (Å²) in [7, 11) is 0. The van der Waals surface area contributed by atoms with E-state index in [1.165, 1.54) is 0 Å². The Balaban J connectivity index is 2.21. The fourth-order valence-electron chi connectivity index (χ4n) is 1.09. The molecule has 1 unspecified atom stereocenters. The summed E-state index contributed by atoms with van der Waals surface area (Å²) in [5.74, 6) is 0.127. The van der Waals surface area contributed by atoms with Gasteiger partial charge in [0.05, 0.1) is 18.6 Å². The number of hydrogen-bond donors (Lipinski definition) is 1. The van der Waals surface area contributed by atoms with Gasteiger partial charge in [-0.15, -0.1) is 0 Å². The molecule has 58 valence electrons. The van der Waals surface area contributed by atoms with Gasteiger partial charge in [-0.25, -0.2) is 0 Å². The van der Waals surface area contributed by atoms with Crippen molar-refractivity contribution in [1.29, 1.82) is 0 Å². The molecule has 0 aromatic rings. The van der Waals surface area contributed by atoms with Gasteiger partial charge in [-0.3, -0.25) is 4.79 Å². The van der Waals surface area contributed by atoms with Gasteiger partial charge in [-0.1, -0.05) is 0 Å². The molecule has 0 bridgehead atoms. The third-order valence-corrected chi connectivity index (χ3v) is 1.62. The highest BCUT2D eigenvalue weighted by molar-refractivity contribution is 5.84. The van der Waals surface area contributed by atoms with Gasteiger partial charge >= 0.3 is 0 Å². The fraction of sp³-hybridized carbons (Fsp3) is 0.857. The lowest BCUT2D eigenvalue weighted by molar-refractivity contribution is -0.134. The Morgan fingerprint density at radius 1 is 1.80 bits per heavy atom. The van der Waals surface area contributed by atoms with E-state index >= 15 is 0 Å². The molecule has 1 saturated heterocycles. The minimum Gasteiger partial charge on any atom is -0.379 e. The van der Waals surface area contributed by atoms with Crippen LogP contribution in [-0.2, 0) is 9.53 Å². The van der Waals surface area contributed by atoms with Crippen molar-refractivity contribution >= 4 is 5.91 Å². The van der Waals surface area contributed by atoms with Crippen LogP contribution in [0.15, 0.2) is 0 Å². The maximum atomic E-state index is 10.5. The van der Waals surface area contributed by atoms with Gasteiger partial charge in [0.25, 0.3) is 0 Å². The molecule has 3 nitrogen and oxygen atoms in total. The standard InChI is InChI=1S/C7H13NO2/c1-3-10-5-7(2)4-6(9)8-7/h3-5H2,1-2H3,(H,8,9). The normalized spacial score (nSPS) is 31.2. The van der Waals surface area contributed by atoms with Crippen molar-refractivity contribution in [2.75, 3.05) is 13.2 Å². The van der Waals surface area contributed by atoms with E-state index in [0.29, 0.717) is 19.6 Å². The average molecular weight is 143 g/mol. The Labute approximate surface area is 60.7 Å². The summed E-state index contributed by atoms with van der Waals surface area (Å²) in [6, 6.07) is 0. The van der Waals surface area contributed by atoms with Crippen LogP contribution in [0.4, 0.5) is 0 Å². The third kappa shape index (κ3) is 1.48. The molecule has 0 saturated carbocycles. The van der Waals surface area contributed by atoms with Crippen molar-refractivity contribution in [3.63, 3.8) is 0 Å². The first-order chi connectivity index (χ1) is 4.66. The Morgan fingerprint density at radius 3 is 2.80 bits per heavy atom. The summed E-state index contributed by atoms with van der Waals surface area (Å²) in [5, 5.41) is 2.79. The lowest BCUT2D eigenvalue weighted by Crippen LogP contribution is -2.61. The SMILES string of the molecule is CCOCC1(C)CC(=O)N1. The maximum absolute atomic E-state index is 10.5. The molecule has 1 amide bonds. The molecule has 1 aliphatic heterocycles. The molecule has 1 aliphatic rings.